The van der Waals surface area contributed by atoms with Crippen LogP contribution in [0.1, 0.15) is 11.1 Å². The summed E-state index contributed by atoms with van der Waals surface area (Å²) in [6.07, 6.45) is 4.73. The van der Waals surface area contributed by atoms with Gasteiger partial charge in [0, 0.05) is 18.5 Å². The Kier molecular flexibility index (Phi) is 6.03. The molecule has 2 aromatic rings. The van der Waals surface area contributed by atoms with Crippen molar-refractivity contribution in [3.63, 3.8) is 0 Å². The molecule has 0 N–H and O–H groups in total. The molecule has 1 aromatic heterocycles. The number of benzene rings is 1. The van der Waals surface area contributed by atoms with Crippen molar-refractivity contribution in [3.05, 3.63) is 63.6 Å². The maximum absolute atomic E-state index is 10.9. The summed E-state index contributed by atoms with van der Waals surface area (Å²) < 4.78 is 4.91. The molecule has 0 radical (unpaired) electrons. The van der Waals surface area contributed by atoms with Gasteiger partial charge in [0.1, 0.15) is 6.33 Å². The second kappa shape index (κ2) is 7.52. The van der Waals surface area contributed by atoms with E-state index in [1.165, 1.54) is 25.6 Å². The summed E-state index contributed by atoms with van der Waals surface area (Å²) in [6.45, 7) is 0. The quantitative estimate of drug-likeness (QED) is 0.302. The fraction of sp³-hybridized carbons (Fsp3) is 0.154. The standard InChI is InChI=1S/C13H11N4O3.Li/c1-20-13-3-2-10(5-12(13)17(18)19)11(14)4-9-6-15-8-16-7-9;/h2-3,5-8H,4H2,1H3;/q-1;+1. The van der Waals surface area contributed by atoms with Gasteiger partial charge in [0.25, 0.3) is 0 Å². The molecule has 0 fully saturated rings. The molecular weight excluding hydrogens is 267 g/mol. The van der Waals surface area contributed by atoms with Crippen LogP contribution in [-0.4, -0.2) is 27.7 Å². The predicted octanol–water partition coefficient (Wildman–Crippen LogP) is -1.00. The molecule has 0 atom stereocenters. The number of rotatable bonds is 5. The molecule has 2 rings (SSSR count). The molecule has 1 heterocycles. The number of aromatic nitrogens is 2. The predicted molar refractivity (Wildman–Crippen MR) is 72.9 cm³/mol. The summed E-state index contributed by atoms with van der Waals surface area (Å²) in [5.41, 5.74) is 0.885. The molecule has 0 aliphatic rings. The summed E-state index contributed by atoms with van der Waals surface area (Å²) in [7, 11) is 1.35. The van der Waals surface area contributed by atoms with Crippen LogP contribution in [0.4, 0.5) is 5.69 Å². The van der Waals surface area contributed by atoms with Crippen LogP contribution in [0.5, 0.6) is 5.75 Å². The van der Waals surface area contributed by atoms with E-state index in [4.69, 9.17) is 4.74 Å². The van der Waals surface area contributed by atoms with Crippen LogP contribution in [-0.2, 0) is 6.42 Å². The molecule has 102 valence electrons. The molecule has 0 aliphatic carbocycles. The Morgan fingerprint density at radius 3 is 2.62 bits per heavy atom. The average Bonchev–Trinajstić information content (AvgIpc) is 2.47. The van der Waals surface area contributed by atoms with E-state index in [0.29, 0.717) is 11.1 Å². The van der Waals surface area contributed by atoms with Crippen LogP contribution in [0.25, 0.3) is 5.41 Å². The fourth-order valence-corrected chi connectivity index (χ4v) is 1.73. The van der Waals surface area contributed by atoms with Crippen molar-refractivity contribution in [2.24, 2.45) is 0 Å². The first-order chi connectivity index (χ1) is 9.61. The Labute approximate surface area is 133 Å². The van der Waals surface area contributed by atoms with Crippen LogP contribution in [0.3, 0.4) is 0 Å². The zero-order chi connectivity index (χ0) is 14.5. The van der Waals surface area contributed by atoms with Crippen LogP contribution >= 0.6 is 0 Å². The Morgan fingerprint density at radius 1 is 1.38 bits per heavy atom. The van der Waals surface area contributed by atoms with E-state index in [0.717, 1.165) is 0 Å². The Balaban J connectivity index is 0.00000220. The number of nitro groups is 1. The minimum absolute atomic E-state index is 0. The normalized spacial score (nSPS) is 9.57. The minimum atomic E-state index is -0.554. The van der Waals surface area contributed by atoms with E-state index in [1.807, 2.05) is 0 Å². The summed E-state index contributed by atoms with van der Waals surface area (Å²) >= 11 is 0. The summed E-state index contributed by atoms with van der Waals surface area (Å²) in [6, 6.07) is 4.29. The molecule has 0 saturated heterocycles. The Hall–Kier alpha value is -2.23. The van der Waals surface area contributed by atoms with Gasteiger partial charge in [-0.1, -0.05) is 6.07 Å². The van der Waals surface area contributed by atoms with Gasteiger partial charge in [0.15, 0.2) is 5.75 Å². The maximum atomic E-state index is 10.9. The van der Waals surface area contributed by atoms with Crippen molar-refractivity contribution in [2.45, 2.75) is 6.42 Å². The van der Waals surface area contributed by atoms with Gasteiger partial charge >= 0.3 is 24.5 Å². The largest absolute Gasteiger partial charge is 1.00 e. The van der Waals surface area contributed by atoms with E-state index in [1.54, 1.807) is 18.5 Å². The zero-order valence-corrected chi connectivity index (χ0v) is 11.7. The number of hydrogen-bond acceptors (Lipinski definition) is 5. The first kappa shape index (κ1) is 16.8. The Morgan fingerprint density at radius 2 is 2.05 bits per heavy atom. The van der Waals surface area contributed by atoms with E-state index >= 15 is 0 Å². The molecule has 0 bridgehead atoms. The SMILES string of the molecule is COc1ccc(C(=[N-])Cc2cncnc2)cc1[N+](=O)[O-].[Li+]. The summed E-state index contributed by atoms with van der Waals surface area (Å²) in [5, 5.41) is 21.0. The third-order valence-corrected chi connectivity index (χ3v) is 2.69. The first-order valence-corrected chi connectivity index (χ1v) is 5.73. The van der Waals surface area contributed by atoms with Crippen LogP contribution < -0.4 is 23.6 Å². The zero-order valence-electron chi connectivity index (χ0n) is 11.7. The molecule has 0 unspecified atom stereocenters. The second-order valence-electron chi connectivity index (χ2n) is 4.01. The smallest absolute Gasteiger partial charge is 0.807 e. The Bertz CT molecular complexity index is 649. The molecule has 0 amide bonds. The van der Waals surface area contributed by atoms with Gasteiger partial charge in [-0.2, -0.15) is 5.71 Å². The first-order valence-electron chi connectivity index (χ1n) is 5.73. The summed E-state index contributed by atoms with van der Waals surface area (Å²) in [4.78, 5) is 18.1. The van der Waals surface area contributed by atoms with Gasteiger partial charge in [0.05, 0.1) is 12.0 Å². The molecule has 21 heavy (non-hydrogen) atoms. The van der Waals surface area contributed by atoms with Crippen LogP contribution in [0.2, 0.25) is 0 Å². The number of ether oxygens (including phenoxy) is 1. The van der Waals surface area contributed by atoms with Crippen molar-refractivity contribution in [1.82, 2.24) is 9.97 Å². The van der Waals surface area contributed by atoms with Crippen LogP contribution in [0.15, 0.2) is 36.9 Å². The summed E-state index contributed by atoms with van der Waals surface area (Å²) in [5.74, 6) is 0.148. The minimum Gasteiger partial charge on any atom is -0.807 e. The molecule has 0 aliphatic heterocycles. The maximum Gasteiger partial charge on any atom is 1.00 e. The van der Waals surface area contributed by atoms with Gasteiger partial charge in [0.2, 0.25) is 0 Å². The van der Waals surface area contributed by atoms with Crippen LogP contribution in [0, 0.1) is 10.1 Å². The van der Waals surface area contributed by atoms with Gasteiger partial charge < -0.3 is 10.1 Å². The van der Waals surface area contributed by atoms with Gasteiger partial charge in [-0.3, -0.25) is 10.1 Å². The van der Waals surface area contributed by atoms with Crippen molar-refractivity contribution >= 4 is 11.4 Å². The van der Waals surface area contributed by atoms with Crippen molar-refractivity contribution < 1.29 is 28.5 Å². The van der Waals surface area contributed by atoms with E-state index in [2.05, 4.69) is 9.97 Å². The second-order valence-corrected chi connectivity index (χ2v) is 4.01. The van der Waals surface area contributed by atoms with Crippen molar-refractivity contribution in [3.8, 4) is 5.75 Å². The van der Waals surface area contributed by atoms with Crippen molar-refractivity contribution in [1.29, 1.82) is 0 Å². The average molecular weight is 278 g/mol. The molecule has 8 heteroatoms. The number of nitro benzene ring substituents is 1. The monoisotopic (exact) mass is 278 g/mol. The number of methoxy groups -OCH3 is 1. The number of hydrogen-bond donors (Lipinski definition) is 0. The molecule has 1 aromatic carbocycles. The molecule has 0 saturated carbocycles. The third kappa shape index (κ3) is 4.11. The van der Waals surface area contributed by atoms with E-state index in [-0.39, 0.29) is 42.4 Å². The third-order valence-electron chi connectivity index (χ3n) is 2.69. The van der Waals surface area contributed by atoms with Gasteiger partial charge in [-0.05, 0) is 23.6 Å². The van der Waals surface area contributed by atoms with Gasteiger partial charge in [-0.15, -0.1) is 0 Å². The van der Waals surface area contributed by atoms with E-state index < -0.39 is 4.92 Å². The molecular formula is C13H11LiN4O3. The van der Waals surface area contributed by atoms with Crippen molar-refractivity contribution in [2.75, 3.05) is 7.11 Å². The molecule has 0 spiro atoms. The topological polar surface area (TPSA) is 100 Å². The fourth-order valence-electron chi connectivity index (χ4n) is 1.73. The van der Waals surface area contributed by atoms with E-state index in [9.17, 15) is 15.5 Å². The number of nitrogens with zero attached hydrogens (tertiary/aromatic N) is 4. The van der Waals surface area contributed by atoms with Gasteiger partial charge in [-0.25, -0.2) is 9.97 Å². The molecule has 7 nitrogen and oxygen atoms in total.